The standard InChI is InChI=1S/C16H15N3S/c1-2-19-11-15(20)16(13-7-3-4-8-14(13)19)18-12-6-5-9-17-10-12/h3-11,20H,2H2,1H3. The van der Waals surface area contributed by atoms with Crippen molar-refractivity contribution in [1.82, 2.24) is 9.55 Å². The molecular formula is C16H15N3S. The number of thiol groups is 1. The number of rotatable bonds is 2. The molecule has 20 heavy (non-hydrogen) atoms. The van der Waals surface area contributed by atoms with Gasteiger partial charge in [-0.3, -0.25) is 4.98 Å². The Kier molecular flexibility index (Phi) is 3.56. The zero-order chi connectivity index (χ0) is 13.9. The Labute approximate surface area is 123 Å². The molecule has 3 rings (SSSR count). The van der Waals surface area contributed by atoms with E-state index in [1.165, 1.54) is 0 Å². The van der Waals surface area contributed by atoms with Crippen LogP contribution in [0.15, 0.2) is 64.9 Å². The largest absolute Gasteiger partial charge is 0.347 e. The van der Waals surface area contributed by atoms with E-state index in [9.17, 15) is 0 Å². The van der Waals surface area contributed by atoms with E-state index in [2.05, 4.69) is 41.2 Å². The van der Waals surface area contributed by atoms with E-state index in [0.29, 0.717) is 0 Å². The molecule has 0 amide bonds. The second kappa shape index (κ2) is 5.51. The molecule has 2 heterocycles. The van der Waals surface area contributed by atoms with Gasteiger partial charge in [0.05, 0.1) is 22.8 Å². The molecule has 100 valence electrons. The summed E-state index contributed by atoms with van der Waals surface area (Å²) in [5, 5.41) is 1.99. The van der Waals surface area contributed by atoms with Crippen molar-refractivity contribution in [3.05, 3.63) is 60.3 Å². The lowest BCUT2D eigenvalue weighted by Crippen LogP contribution is -2.11. The molecule has 0 saturated carbocycles. The van der Waals surface area contributed by atoms with Gasteiger partial charge >= 0.3 is 0 Å². The highest BCUT2D eigenvalue weighted by Crippen LogP contribution is 2.15. The van der Waals surface area contributed by atoms with Crippen molar-refractivity contribution in [1.29, 1.82) is 0 Å². The molecule has 0 bridgehead atoms. The first-order valence-corrected chi connectivity index (χ1v) is 7.00. The predicted octanol–water partition coefficient (Wildman–Crippen LogP) is 3.58. The Morgan fingerprint density at radius 1 is 1.20 bits per heavy atom. The van der Waals surface area contributed by atoms with Crippen LogP contribution in [0.25, 0.3) is 10.9 Å². The minimum Gasteiger partial charge on any atom is -0.347 e. The fourth-order valence-corrected chi connectivity index (χ4v) is 2.58. The molecule has 3 nitrogen and oxygen atoms in total. The predicted molar refractivity (Wildman–Crippen MR) is 84.3 cm³/mol. The van der Waals surface area contributed by atoms with Gasteiger partial charge in [-0.2, -0.15) is 0 Å². The Morgan fingerprint density at radius 3 is 2.80 bits per heavy atom. The molecule has 0 unspecified atom stereocenters. The number of aromatic nitrogens is 2. The summed E-state index contributed by atoms with van der Waals surface area (Å²) in [5.74, 6) is 0. The van der Waals surface area contributed by atoms with Crippen LogP contribution < -0.4 is 5.36 Å². The van der Waals surface area contributed by atoms with Gasteiger partial charge < -0.3 is 4.57 Å². The van der Waals surface area contributed by atoms with E-state index in [0.717, 1.165) is 33.4 Å². The summed E-state index contributed by atoms with van der Waals surface area (Å²) in [5.41, 5.74) is 2.00. The number of fused-ring (bicyclic) bond motifs is 1. The van der Waals surface area contributed by atoms with E-state index in [-0.39, 0.29) is 0 Å². The van der Waals surface area contributed by atoms with Crippen LogP contribution in [0.2, 0.25) is 0 Å². The summed E-state index contributed by atoms with van der Waals surface area (Å²) in [7, 11) is 0. The molecule has 0 saturated heterocycles. The lowest BCUT2D eigenvalue weighted by atomic mass is 10.2. The molecule has 0 aliphatic rings. The van der Waals surface area contributed by atoms with Crippen molar-refractivity contribution in [2.75, 3.05) is 0 Å². The van der Waals surface area contributed by atoms with Crippen LogP contribution in [0.5, 0.6) is 0 Å². The van der Waals surface area contributed by atoms with Crippen molar-refractivity contribution >= 4 is 29.2 Å². The van der Waals surface area contributed by atoms with Crippen LogP contribution in [0.1, 0.15) is 6.92 Å². The first-order valence-electron chi connectivity index (χ1n) is 6.55. The first kappa shape index (κ1) is 12.9. The Morgan fingerprint density at radius 2 is 2.05 bits per heavy atom. The quantitative estimate of drug-likeness (QED) is 0.715. The van der Waals surface area contributed by atoms with Crippen molar-refractivity contribution in [3.63, 3.8) is 0 Å². The van der Waals surface area contributed by atoms with Gasteiger partial charge in [-0.05, 0) is 25.1 Å². The first-order chi connectivity index (χ1) is 9.79. The minimum absolute atomic E-state index is 0.835. The Hall–Kier alpha value is -2.07. The third kappa shape index (κ3) is 2.34. The molecule has 0 aliphatic carbocycles. The molecule has 0 radical (unpaired) electrons. The number of hydrogen-bond acceptors (Lipinski definition) is 3. The summed E-state index contributed by atoms with van der Waals surface area (Å²) in [4.78, 5) is 9.66. The SMILES string of the molecule is CCn1cc(S)c(=Nc2cccnc2)c2ccccc21. The Balaban J connectivity index is 2.37. The summed E-state index contributed by atoms with van der Waals surface area (Å²) < 4.78 is 2.18. The number of para-hydroxylation sites is 1. The highest BCUT2D eigenvalue weighted by molar-refractivity contribution is 7.80. The normalized spacial score (nSPS) is 12.0. The molecule has 3 aromatic rings. The average molecular weight is 281 g/mol. The molecule has 2 aromatic heterocycles. The number of pyridine rings is 2. The van der Waals surface area contributed by atoms with Crippen LogP contribution in [0.3, 0.4) is 0 Å². The topological polar surface area (TPSA) is 30.2 Å². The molecule has 4 heteroatoms. The van der Waals surface area contributed by atoms with E-state index in [1.807, 2.05) is 30.5 Å². The summed E-state index contributed by atoms with van der Waals surface area (Å²) in [6, 6.07) is 12.1. The fraction of sp³-hybridized carbons (Fsp3) is 0.125. The molecule has 0 N–H and O–H groups in total. The summed E-state index contributed by atoms with van der Waals surface area (Å²) in [6.45, 7) is 3.03. The van der Waals surface area contributed by atoms with Gasteiger partial charge in [-0.1, -0.05) is 18.2 Å². The third-order valence-electron chi connectivity index (χ3n) is 3.22. The molecule has 0 fully saturated rings. The summed E-state index contributed by atoms with van der Waals surface area (Å²) >= 11 is 4.59. The second-order valence-corrected chi connectivity index (χ2v) is 4.97. The van der Waals surface area contributed by atoms with Crippen molar-refractivity contribution in [2.24, 2.45) is 4.99 Å². The van der Waals surface area contributed by atoms with E-state index in [1.54, 1.807) is 12.4 Å². The smallest absolute Gasteiger partial charge is 0.0878 e. The van der Waals surface area contributed by atoms with Gasteiger partial charge in [0, 0.05) is 29.2 Å². The monoisotopic (exact) mass is 281 g/mol. The zero-order valence-corrected chi connectivity index (χ0v) is 12.1. The molecule has 1 aromatic carbocycles. The van der Waals surface area contributed by atoms with Gasteiger partial charge in [0.1, 0.15) is 0 Å². The lowest BCUT2D eigenvalue weighted by molar-refractivity contribution is 0.774. The van der Waals surface area contributed by atoms with Crippen molar-refractivity contribution in [3.8, 4) is 0 Å². The molecule has 0 aliphatic heterocycles. The van der Waals surface area contributed by atoms with Crippen LogP contribution in [0, 0.1) is 0 Å². The maximum absolute atomic E-state index is 4.69. The number of aryl methyl sites for hydroxylation is 1. The van der Waals surface area contributed by atoms with Gasteiger partial charge in [0.2, 0.25) is 0 Å². The molecular weight excluding hydrogens is 266 g/mol. The van der Waals surface area contributed by atoms with Gasteiger partial charge in [-0.15, -0.1) is 12.6 Å². The summed E-state index contributed by atoms with van der Waals surface area (Å²) in [6.07, 6.45) is 5.53. The molecule has 0 atom stereocenters. The van der Waals surface area contributed by atoms with Gasteiger partial charge in [0.25, 0.3) is 0 Å². The number of hydrogen-bond donors (Lipinski definition) is 1. The zero-order valence-electron chi connectivity index (χ0n) is 11.2. The van der Waals surface area contributed by atoms with Crippen molar-refractivity contribution in [2.45, 2.75) is 18.4 Å². The highest BCUT2D eigenvalue weighted by Gasteiger charge is 2.04. The number of benzene rings is 1. The van der Waals surface area contributed by atoms with Gasteiger partial charge in [-0.25, -0.2) is 4.99 Å². The number of nitrogens with zero attached hydrogens (tertiary/aromatic N) is 3. The van der Waals surface area contributed by atoms with Crippen LogP contribution >= 0.6 is 12.6 Å². The average Bonchev–Trinajstić information content (AvgIpc) is 2.51. The maximum Gasteiger partial charge on any atom is 0.0878 e. The minimum atomic E-state index is 0.835. The third-order valence-corrected chi connectivity index (χ3v) is 3.54. The van der Waals surface area contributed by atoms with Crippen molar-refractivity contribution < 1.29 is 0 Å². The van der Waals surface area contributed by atoms with E-state index >= 15 is 0 Å². The molecule has 0 spiro atoms. The van der Waals surface area contributed by atoms with Crippen LogP contribution in [-0.2, 0) is 6.54 Å². The maximum atomic E-state index is 4.69. The van der Waals surface area contributed by atoms with Crippen LogP contribution in [-0.4, -0.2) is 9.55 Å². The lowest BCUT2D eigenvalue weighted by Gasteiger charge is -2.10. The highest BCUT2D eigenvalue weighted by atomic mass is 32.1. The second-order valence-electron chi connectivity index (χ2n) is 4.49. The van der Waals surface area contributed by atoms with E-state index in [4.69, 9.17) is 4.99 Å². The Bertz CT molecular complexity index is 807. The van der Waals surface area contributed by atoms with Crippen LogP contribution in [0.4, 0.5) is 5.69 Å². The fourth-order valence-electron chi connectivity index (χ4n) is 2.27. The van der Waals surface area contributed by atoms with Gasteiger partial charge in [0.15, 0.2) is 0 Å². The van der Waals surface area contributed by atoms with E-state index < -0.39 is 0 Å².